The van der Waals surface area contributed by atoms with Crippen LogP contribution in [0.15, 0.2) is 24.4 Å². The summed E-state index contributed by atoms with van der Waals surface area (Å²) in [7, 11) is 0. The van der Waals surface area contributed by atoms with Gasteiger partial charge in [0.1, 0.15) is 16.7 Å². The first-order chi connectivity index (χ1) is 12.2. The molecule has 0 radical (unpaired) electrons. The van der Waals surface area contributed by atoms with Crippen LogP contribution in [0.2, 0.25) is 5.02 Å². The highest BCUT2D eigenvalue weighted by Gasteiger charge is 2.28. The van der Waals surface area contributed by atoms with E-state index >= 15 is 0 Å². The van der Waals surface area contributed by atoms with E-state index in [9.17, 15) is 0 Å². The minimum absolute atomic E-state index is 0.450. The second-order valence-electron chi connectivity index (χ2n) is 7.06. The lowest BCUT2D eigenvalue weighted by Crippen LogP contribution is -2.38. The normalized spacial score (nSPS) is 20.6. The van der Waals surface area contributed by atoms with E-state index in [0.29, 0.717) is 29.3 Å². The molecule has 1 atom stereocenters. The molecule has 132 valence electrons. The summed E-state index contributed by atoms with van der Waals surface area (Å²) < 4.78 is 5.85. The molecule has 5 nitrogen and oxygen atoms in total. The number of anilines is 1. The minimum Gasteiger partial charge on any atom is -0.476 e. The molecule has 0 bridgehead atoms. The molecule has 1 unspecified atom stereocenters. The van der Waals surface area contributed by atoms with Crippen LogP contribution in [0, 0.1) is 12.8 Å². The van der Waals surface area contributed by atoms with Gasteiger partial charge in [-0.3, -0.25) is 0 Å². The van der Waals surface area contributed by atoms with Crippen LogP contribution in [0.1, 0.15) is 43.1 Å². The second kappa shape index (κ2) is 7.16. The molecule has 1 aliphatic heterocycles. The molecule has 3 heterocycles. The fourth-order valence-corrected chi connectivity index (χ4v) is 3.52. The van der Waals surface area contributed by atoms with Gasteiger partial charge in [-0.1, -0.05) is 11.6 Å². The maximum Gasteiger partial charge on any atom is 0.232 e. The Morgan fingerprint density at radius 2 is 2.16 bits per heavy atom. The Labute approximate surface area is 153 Å². The minimum atomic E-state index is 0.450. The van der Waals surface area contributed by atoms with Crippen LogP contribution in [0.4, 0.5) is 5.82 Å². The molecule has 1 saturated carbocycles. The zero-order chi connectivity index (χ0) is 17.2. The summed E-state index contributed by atoms with van der Waals surface area (Å²) in [5.41, 5.74) is 1.06. The largest absolute Gasteiger partial charge is 0.476 e. The van der Waals surface area contributed by atoms with E-state index in [4.69, 9.17) is 21.3 Å². The summed E-state index contributed by atoms with van der Waals surface area (Å²) in [6, 6.07) is 5.72. The van der Waals surface area contributed by atoms with Crippen molar-refractivity contribution in [3.8, 4) is 5.88 Å². The quantitative estimate of drug-likeness (QED) is 0.808. The summed E-state index contributed by atoms with van der Waals surface area (Å²) in [5.74, 6) is 3.64. The lowest BCUT2D eigenvalue weighted by molar-refractivity contribution is 0.221. The van der Waals surface area contributed by atoms with Gasteiger partial charge in [-0.2, -0.15) is 0 Å². The van der Waals surface area contributed by atoms with Gasteiger partial charge in [-0.25, -0.2) is 15.0 Å². The van der Waals surface area contributed by atoms with Crippen molar-refractivity contribution in [3.05, 3.63) is 40.9 Å². The van der Waals surface area contributed by atoms with E-state index in [2.05, 4.69) is 27.9 Å². The second-order valence-corrected chi connectivity index (χ2v) is 7.46. The van der Waals surface area contributed by atoms with E-state index in [1.165, 1.54) is 12.8 Å². The van der Waals surface area contributed by atoms with Crippen molar-refractivity contribution < 1.29 is 4.74 Å². The summed E-state index contributed by atoms with van der Waals surface area (Å²) >= 11 is 6.12. The SMILES string of the molecule is Cc1cc(N2CCCC(COc3ncccc3Cl)C2)nc(C2CC2)n1. The number of halogens is 1. The molecule has 1 aliphatic carbocycles. The van der Waals surface area contributed by atoms with Crippen LogP contribution in [-0.2, 0) is 0 Å². The fourth-order valence-electron chi connectivity index (χ4n) is 3.34. The first-order valence-corrected chi connectivity index (χ1v) is 9.40. The number of nitrogens with zero attached hydrogens (tertiary/aromatic N) is 4. The Hall–Kier alpha value is -1.88. The number of pyridine rings is 1. The monoisotopic (exact) mass is 358 g/mol. The Bertz CT molecular complexity index is 750. The number of aryl methyl sites for hydroxylation is 1. The molecule has 0 aromatic carbocycles. The Morgan fingerprint density at radius 3 is 2.96 bits per heavy atom. The van der Waals surface area contributed by atoms with Gasteiger partial charge in [-0.15, -0.1) is 0 Å². The molecular formula is C19H23ClN4O. The highest BCUT2D eigenvalue weighted by atomic mass is 35.5. The third kappa shape index (κ3) is 4.03. The summed E-state index contributed by atoms with van der Waals surface area (Å²) in [6.07, 6.45) is 6.46. The van der Waals surface area contributed by atoms with E-state index in [1.54, 1.807) is 12.3 Å². The highest BCUT2D eigenvalue weighted by molar-refractivity contribution is 6.31. The van der Waals surface area contributed by atoms with Crippen LogP contribution < -0.4 is 9.64 Å². The highest BCUT2D eigenvalue weighted by Crippen LogP contribution is 2.38. The third-order valence-corrected chi connectivity index (χ3v) is 5.11. The van der Waals surface area contributed by atoms with Gasteiger partial charge in [0.2, 0.25) is 5.88 Å². The Kier molecular flexibility index (Phi) is 4.75. The summed E-state index contributed by atoms with van der Waals surface area (Å²) in [5, 5.41) is 0.565. The molecule has 2 fully saturated rings. The van der Waals surface area contributed by atoms with Gasteiger partial charge >= 0.3 is 0 Å². The molecule has 25 heavy (non-hydrogen) atoms. The van der Waals surface area contributed by atoms with Gasteiger partial charge in [0, 0.05) is 42.9 Å². The maximum absolute atomic E-state index is 6.12. The summed E-state index contributed by atoms with van der Waals surface area (Å²) in [6.45, 7) is 4.68. The lowest BCUT2D eigenvalue weighted by atomic mass is 9.99. The average Bonchev–Trinajstić information content (AvgIpc) is 3.46. The van der Waals surface area contributed by atoms with Crippen molar-refractivity contribution in [2.24, 2.45) is 5.92 Å². The van der Waals surface area contributed by atoms with Crippen molar-refractivity contribution in [1.82, 2.24) is 15.0 Å². The molecule has 4 rings (SSSR count). The zero-order valence-electron chi connectivity index (χ0n) is 14.5. The predicted molar refractivity (Wildman–Crippen MR) is 98.4 cm³/mol. The van der Waals surface area contributed by atoms with Crippen LogP contribution >= 0.6 is 11.6 Å². The van der Waals surface area contributed by atoms with Gasteiger partial charge in [0.15, 0.2) is 0 Å². The number of hydrogen-bond acceptors (Lipinski definition) is 5. The smallest absolute Gasteiger partial charge is 0.232 e. The van der Waals surface area contributed by atoms with Crippen molar-refractivity contribution in [2.75, 3.05) is 24.6 Å². The van der Waals surface area contributed by atoms with E-state index in [-0.39, 0.29) is 0 Å². The molecule has 2 aliphatic rings. The van der Waals surface area contributed by atoms with E-state index in [0.717, 1.165) is 43.3 Å². The number of aromatic nitrogens is 3. The van der Waals surface area contributed by atoms with Gasteiger partial charge in [-0.05, 0) is 44.7 Å². The maximum atomic E-state index is 6.12. The molecule has 2 aromatic heterocycles. The van der Waals surface area contributed by atoms with Crippen molar-refractivity contribution in [1.29, 1.82) is 0 Å². The number of piperidine rings is 1. The molecule has 6 heteroatoms. The molecule has 0 spiro atoms. The molecule has 2 aromatic rings. The van der Waals surface area contributed by atoms with Crippen LogP contribution in [0.5, 0.6) is 5.88 Å². The first kappa shape index (κ1) is 16.6. The number of hydrogen-bond donors (Lipinski definition) is 0. The van der Waals surface area contributed by atoms with Crippen LogP contribution in [0.3, 0.4) is 0 Å². The topological polar surface area (TPSA) is 51.1 Å². The van der Waals surface area contributed by atoms with Crippen molar-refractivity contribution in [3.63, 3.8) is 0 Å². The van der Waals surface area contributed by atoms with Gasteiger partial charge < -0.3 is 9.64 Å². The van der Waals surface area contributed by atoms with E-state index < -0.39 is 0 Å². The molecule has 1 saturated heterocycles. The van der Waals surface area contributed by atoms with Crippen LogP contribution in [-0.4, -0.2) is 34.6 Å². The zero-order valence-corrected chi connectivity index (χ0v) is 15.2. The molecular weight excluding hydrogens is 336 g/mol. The van der Waals surface area contributed by atoms with Crippen molar-refractivity contribution >= 4 is 17.4 Å². The van der Waals surface area contributed by atoms with E-state index in [1.807, 2.05) is 6.07 Å². The lowest BCUT2D eigenvalue weighted by Gasteiger charge is -2.33. The number of rotatable bonds is 5. The van der Waals surface area contributed by atoms with Crippen LogP contribution in [0.25, 0.3) is 0 Å². The first-order valence-electron chi connectivity index (χ1n) is 9.03. The molecule has 0 N–H and O–H groups in total. The van der Waals surface area contributed by atoms with Crippen molar-refractivity contribution in [2.45, 2.75) is 38.5 Å². The van der Waals surface area contributed by atoms with Gasteiger partial charge in [0.25, 0.3) is 0 Å². The average molecular weight is 359 g/mol. The predicted octanol–water partition coefficient (Wildman–Crippen LogP) is 4.01. The molecule has 0 amide bonds. The number of ether oxygens (including phenoxy) is 1. The Balaban J connectivity index is 1.41. The Morgan fingerprint density at radius 1 is 1.28 bits per heavy atom. The van der Waals surface area contributed by atoms with Gasteiger partial charge in [0.05, 0.1) is 6.61 Å². The standard InChI is InChI=1S/C19H23ClN4O/c1-13-10-17(23-18(22-13)15-6-7-15)24-9-3-4-14(11-24)12-25-19-16(20)5-2-8-21-19/h2,5,8,10,14-15H,3-4,6-7,9,11-12H2,1H3. The fraction of sp³-hybridized carbons (Fsp3) is 0.526. The third-order valence-electron chi connectivity index (χ3n) is 4.82. The summed E-state index contributed by atoms with van der Waals surface area (Å²) in [4.78, 5) is 16.0.